The number of benzene rings is 1. The van der Waals surface area contributed by atoms with Crippen LogP contribution < -0.4 is 4.90 Å². The molecule has 0 radical (unpaired) electrons. The molecule has 0 bridgehead atoms. The molecule has 1 unspecified atom stereocenters. The lowest BCUT2D eigenvalue weighted by Gasteiger charge is -2.39. The van der Waals surface area contributed by atoms with Crippen molar-refractivity contribution < 1.29 is 9.84 Å². The molecule has 1 aromatic carbocycles. The van der Waals surface area contributed by atoms with Crippen LogP contribution in [0.1, 0.15) is 42.3 Å². The molecule has 5 heteroatoms. The van der Waals surface area contributed by atoms with E-state index in [4.69, 9.17) is 4.74 Å². The predicted octanol–water partition coefficient (Wildman–Crippen LogP) is 2.78. The van der Waals surface area contributed by atoms with Crippen LogP contribution in [-0.2, 0) is 10.3 Å². The van der Waals surface area contributed by atoms with Crippen molar-refractivity contribution in [1.29, 1.82) is 0 Å². The fourth-order valence-electron chi connectivity index (χ4n) is 3.86. The van der Waals surface area contributed by atoms with Gasteiger partial charge >= 0.3 is 0 Å². The van der Waals surface area contributed by atoms with Crippen LogP contribution in [0.5, 0.6) is 0 Å². The molecule has 2 aliphatic rings. The van der Waals surface area contributed by atoms with Crippen LogP contribution in [0.4, 0.5) is 5.82 Å². The summed E-state index contributed by atoms with van der Waals surface area (Å²) in [5.41, 5.74) is 1.36. The Labute approximate surface area is 148 Å². The van der Waals surface area contributed by atoms with Crippen molar-refractivity contribution >= 4 is 5.82 Å². The molecule has 0 spiro atoms. The monoisotopic (exact) mass is 339 g/mol. The summed E-state index contributed by atoms with van der Waals surface area (Å²) >= 11 is 0. The zero-order chi connectivity index (χ0) is 17.3. The molecule has 2 aliphatic heterocycles. The Morgan fingerprint density at radius 1 is 1.16 bits per heavy atom. The smallest absolute Gasteiger partial charge is 0.132 e. The minimum Gasteiger partial charge on any atom is -0.385 e. The minimum absolute atomic E-state index is 0.381. The van der Waals surface area contributed by atoms with E-state index in [-0.39, 0.29) is 0 Å². The Bertz CT molecular complexity index is 721. The van der Waals surface area contributed by atoms with Gasteiger partial charge in [-0.05, 0) is 31.7 Å². The molecule has 2 fully saturated rings. The number of rotatable bonds is 3. The van der Waals surface area contributed by atoms with Gasteiger partial charge in [0, 0.05) is 31.7 Å². The van der Waals surface area contributed by atoms with Crippen LogP contribution in [-0.4, -0.2) is 41.4 Å². The van der Waals surface area contributed by atoms with E-state index in [2.05, 4.69) is 20.9 Å². The molecule has 25 heavy (non-hydrogen) atoms. The molecule has 3 heterocycles. The molecular weight excluding hydrogens is 314 g/mol. The Kier molecular flexibility index (Phi) is 4.44. The second kappa shape index (κ2) is 6.73. The topological polar surface area (TPSA) is 58.5 Å². The van der Waals surface area contributed by atoms with E-state index in [0.717, 1.165) is 55.6 Å². The first kappa shape index (κ1) is 16.5. The van der Waals surface area contributed by atoms with Gasteiger partial charge in [-0.25, -0.2) is 9.97 Å². The van der Waals surface area contributed by atoms with Gasteiger partial charge in [0.15, 0.2) is 0 Å². The summed E-state index contributed by atoms with van der Waals surface area (Å²) in [5, 5.41) is 11.0. The molecular formula is C20H25N3O2. The first-order valence-electron chi connectivity index (χ1n) is 9.10. The highest BCUT2D eigenvalue weighted by atomic mass is 16.5. The lowest BCUT2D eigenvalue weighted by molar-refractivity contribution is 0.0116. The third-order valence-corrected chi connectivity index (χ3v) is 5.42. The molecule has 0 amide bonds. The summed E-state index contributed by atoms with van der Waals surface area (Å²) < 4.78 is 5.51. The molecule has 132 valence electrons. The summed E-state index contributed by atoms with van der Waals surface area (Å²) in [5.74, 6) is 2.17. The second-order valence-corrected chi connectivity index (χ2v) is 7.14. The standard InChI is InChI=1S/C20H25N3O2/c1-15-21-18(16-7-12-25-14-16)13-19(22-15)23-10-8-20(24,9-11-23)17-5-3-2-4-6-17/h2-6,13,16,24H,7-12,14H2,1H3. The first-order chi connectivity index (χ1) is 12.1. The fourth-order valence-corrected chi connectivity index (χ4v) is 3.86. The van der Waals surface area contributed by atoms with Crippen molar-refractivity contribution in [3.05, 3.63) is 53.5 Å². The summed E-state index contributed by atoms with van der Waals surface area (Å²) in [7, 11) is 0. The summed E-state index contributed by atoms with van der Waals surface area (Å²) in [4.78, 5) is 11.5. The molecule has 2 saturated heterocycles. The number of piperidine rings is 1. The second-order valence-electron chi connectivity index (χ2n) is 7.14. The van der Waals surface area contributed by atoms with E-state index in [9.17, 15) is 5.11 Å². The average Bonchev–Trinajstić information content (AvgIpc) is 3.17. The van der Waals surface area contributed by atoms with E-state index < -0.39 is 5.60 Å². The van der Waals surface area contributed by atoms with Gasteiger partial charge in [-0.3, -0.25) is 0 Å². The third kappa shape index (κ3) is 3.39. The predicted molar refractivity (Wildman–Crippen MR) is 96.7 cm³/mol. The highest BCUT2D eigenvalue weighted by Crippen LogP contribution is 2.34. The average molecular weight is 339 g/mol. The van der Waals surface area contributed by atoms with Crippen LogP contribution in [0.3, 0.4) is 0 Å². The maximum Gasteiger partial charge on any atom is 0.132 e. The highest BCUT2D eigenvalue weighted by Gasteiger charge is 2.34. The molecule has 1 atom stereocenters. The van der Waals surface area contributed by atoms with Crippen LogP contribution in [0, 0.1) is 6.92 Å². The van der Waals surface area contributed by atoms with Gasteiger partial charge in [-0.2, -0.15) is 0 Å². The molecule has 1 aromatic heterocycles. The zero-order valence-corrected chi connectivity index (χ0v) is 14.7. The Morgan fingerprint density at radius 3 is 2.60 bits per heavy atom. The molecule has 0 saturated carbocycles. The van der Waals surface area contributed by atoms with Gasteiger partial charge in [-0.15, -0.1) is 0 Å². The molecule has 1 N–H and O–H groups in total. The number of aryl methyl sites for hydroxylation is 1. The molecule has 0 aliphatic carbocycles. The lowest BCUT2D eigenvalue weighted by atomic mass is 9.84. The number of hydrogen-bond acceptors (Lipinski definition) is 5. The number of hydrogen-bond donors (Lipinski definition) is 1. The Hall–Kier alpha value is -1.98. The number of anilines is 1. The van der Waals surface area contributed by atoms with Gasteiger partial charge in [-0.1, -0.05) is 30.3 Å². The number of ether oxygens (including phenoxy) is 1. The highest BCUT2D eigenvalue weighted by molar-refractivity contribution is 5.42. The van der Waals surface area contributed by atoms with Gasteiger partial charge in [0.05, 0.1) is 17.9 Å². The summed E-state index contributed by atoms with van der Waals surface area (Å²) in [6, 6.07) is 12.1. The Balaban J connectivity index is 1.51. The first-order valence-corrected chi connectivity index (χ1v) is 9.10. The summed E-state index contributed by atoms with van der Waals surface area (Å²) in [6.07, 6.45) is 2.45. The minimum atomic E-state index is -0.734. The number of nitrogens with zero attached hydrogens (tertiary/aromatic N) is 3. The van der Waals surface area contributed by atoms with Gasteiger partial charge in [0.25, 0.3) is 0 Å². The maximum absolute atomic E-state index is 11.0. The van der Waals surface area contributed by atoms with Crippen molar-refractivity contribution in [2.45, 2.75) is 37.7 Å². The zero-order valence-electron chi connectivity index (χ0n) is 14.7. The lowest BCUT2D eigenvalue weighted by Crippen LogP contribution is -2.43. The molecule has 5 nitrogen and oxygen atoms in total. The third-order valence-electron chi connectivity index (χ3n) is 5.42. The Morgan fingerprint density at radius 2 is 1.92 bits per heavy atom. The largest absolute Gasteiger partial charge is 0.385 e. The fraction of sp³-hybridized carbons (Fsp3) is 0.500. The van der Waals surface area contributed by atoms with Crippen LogP contribution >= 0.6 is 0 Å². The quantitative estimate of drug-likeness (QED) is 0.932. The van der Waals surface area contributed by atoms with Crippen molar-refractivity contribution in [3.8, 4) is 0 Å². The maximum atomic E-state index is 11.0. The SMILES string of the molecule is Cc1nc(C2CCOC2)cc(N2CCC(O)(c3ccccc3)CC2)n1. The van der Waals surface area contributed by atoms with Crippen molar-refractivity contribution in [2.24, 2.45) is 0 Å². The normalized spacial score (nSPS) is 23.0. The van der Waals surface area contributed by atoms with E-state index in [1.54, 1.807) is 0 Å². The van der Waals surface area contributed by atoms with Gasteiger partial charge < -0.3 is 14.7 Å². The number of aliphatic hydroxyl groups is 1. The van der Waals surface area contributed by atoms with E-state index in [1.165, 1.54) is 0 Å². The van der Waals surface area contributed by atoms with Crippen molar-refractivity contribution in [3.63, 3.8) is 0 Å². The van der Waals surface area contributed by atoms with Crippen molar-refractivity contribution in [2.75, 3.05) is 31.2 Å². The molecule has 2 aromatic rings. The van der Waals surface area contributed by atoms with Crippen LogP contribution in [0.25, 0.3) is 0 Å². The van der Waals surface area contributed by atoms with Crippen LogP contribution in [0.15, 0.2) is 36.4 Å². The van der Waals surface area contributed by atoms with Gasteiger partial charge in [0.2, 0.25) is 0 Å². The van der Waals surface area contributed by atoms with Crippen LogP contribution in [0.2, 0.25) is 0 Å². The van der Waals surface area contributed by atoms with E-state index in [0.29, 0.717) is 18.8 Å². The van der Waals surface area contributed by atoms with Gasteiger partial charge in [0.1, 0.15) is 11.6 Å². The van der Waals surface area contributed by atoms with Crippen molar-refractivity contribution in [1.82, 2.24) is 9.97 Å². The van der Waals surface area contributed by atoms with E-state index in [1.807, 2.05) is 37.3 Å². The number of aromatic nitrogens is 2. The molecule has 4 rings (SSSR count). The summed E-state index contributed by atoms with van der Waals surface area (Å²) in [6.45, 7) is 5.11. The van der Waals surface area contributed by atoms with E-state index >= 15 is 0 Å².